The summed E-state index contributed by atoms with van der Waals surface area (Å²) in [4.78, 5) is 28.5. The van der Waals surface area contributed by atoms with E-state index in [2.05, 4.69) is 10.3 Å². The van der Waals surface area contributed by atoms with Gasteiger partial charge in [-0.2, -0.15) is 0 Å². The molecule has 1 aliphatic rings. The Morgan fingerprint density at radius 3 is 2.68 bits per heavy atom. The normalized spacial score (nSPS) is 21.3. The van der Waals surface area contributed by atoms with Gasteiger partial charge < -0.3 is 10.4 Å². The van der Waals surface area contributed by atoms with Crippen LogP contribution in [0.4, 0.5) is 0 Å². The van der Waals surface area contributed by atoms with E-state index in [0.717, 1.165) is 5.39 Å². The van der Waals surface area contributed by atoms with Gasteiger partial charge in [0.2, 0.25) is 0 Å². The smallest absolute Gasteiger partial charge is 0.337 e. The summed E-state index contributed by atoms with van der Waals surface area (Å²) in [6.07, 6.45) is 0. The number of nitrogens with zero attached hydrogens (tertiary/aromatic N) is 1. The number of fused-ring (bicyclic) bond motifs is 1. The summed E-state index contributed by atoms with van der Waals surface area (Å²) in [7, 11) is 0. The predicted octanol–water partition coefficient (Wildman–Crippen LogP) is 2.89. The van der Waals surface area contributed by atoms with Crippen molar-refractivity contribution in [2.24, 2.45) is 10.9 Å². The fourth-order valence-electron chi connectivity index (χ4n) is 2.51. The molecule has 2 N–H and O–H groups in total. The van der Waals surface area contributed by atoms with Crippen LogP contribution in [0.15, 0.2) is 28.6 Å². The molecule has 114 valence electrons. The maximum absolute atomic E-state index is 12.2. The number of carboxylic acid groups (broad SMARTS) is 1. The summed E-state index contributed by atoms with van der Waals surface area (Å²) in [6.45, 7) is 5.61. The molecule has 0 fully saturated rings. The fraction of sp³-hybridized carbons (Fsp3) is 0.312. The molecular weight excluding hydrogens is 300 g/mol. The SMILES string of the molecule is CC(C)C1(C)N=C(c2ccc3ccsc3c2C(=O)O)NC1=O. The Balaban J connectivity index is 2.21. The second-order valence-electron chi connectivity index (χ2n) is 5.85. The minimum absolute atomic E-state index is 0.0174. The molecule has 6 heteroatoms. The molecule has 0 saturated carbocycles. The van der Waals surface area contributed by atoms with E-state index in [1.54, 1.807) is 13.0 Å². The fourth-order valence-corrected chi connectivity index (χ4v) is 3.44. The Kier molecular flexibility index (Phi) is 3.29. The van der Waals surface area contributed by atoms with Gasteiger partial charge in [0.05, 0.1) is 5.56 Å². The van der Waals surface area contributed by atoms with Gasteiger partial charge >= 0.3 is 5.97 Å². The van der Waals surface area contributed by atoms with Gasteiger partial charge in [-0.3, -0.25) is 9.79 Å². The number of thiophene rings is 1. The third-order valence-corrected chi connectivity index (χ3v) is 5.20. The lowest BCUT2D eigenvalue weighted by atomic mass is 9.89. The minimum Gasteiger partial charge on any atom is -0.478 e. The highest BCUT2D eigenvalue weighted by atomic mass is 32.1. The van der Waals surface area contributed by atoms with Crippen LogP contribution in [-0.2, 0) is 4.79 Å². The zero-order chi connectivity index (χ0) is 16.1. The van der Waals surface area contributed by atoms with E-state index in [-0.39, 0.29) is 17.4 Å². The predicted molar refractivity (Wildman–Crippen MR) is 86.7 cm³/mol. The van der Waals surface area contributed by atoms with Crippen LogP contribution in [0.25, 0.3) is 10.1 Å². The number of hydrogen-bond acceptors (Lipinski definition) is 4. The largest absolute Gasteiger partial charge is 0.478 e. The van der Waals surface area contributed by atoms with Gasteiger partial charge in [0.15, 0.2) is 0 Å². The Morgan fingerprint density at radius 2 is 2.09 bits per heavy atom. The Hall–Kier alpha value is -2.21. The number of aliphatic imine (C=N–C) groups is 1. The average Bonchev–Trinajstić information content (AvgIpc) is 3.03. The topological polar surface area (TPSA) is 78.8 Å². The number of nitrogens with one attached hydrogen (secondary N) is 1. The molecule has 1 aromatic carbocycles. The molecule has 1 aliphatic heterocycles. The molecule has 3 rings (SSSR count). The number of amides is 1. The third kappa shape index (κ3) is 2.02. The van der Waals surface area contributed by atoms with Crippen LogP contribution >= 0.6 is 11.3 Å². The van der Waals surface area contributed by atoms with Crippen molar-refractivity contribution in [2.45, 2.75) is 26.3 Å². The monoisotopic (exact) mass is 316 g/mol. The number of benzene rings is 1. The van der Waals surface area contributed by atoms with Gasteiger partial charge in [0.25, 0.3) is 5.91 Å². The summed E-state index contributed by atoms with van der Waals surface area (Å²) in [6, 6.07) is 5.44. The molecule has 0 bridgehead atoms. The first kappa shape index (κ1) is 14.7. The van der Waals surface area contributed by atoms with Crippen LogP contribution in [0.3, 0.4) is 0 Å². The molecule has 2 aromatic rings. The Bertz CT molecular complexity index is 822. The zero-order valence-corrected chi connectivity index (χ0v) is 13.3. The zero-order valence-electron chi connectivity index (χ0n) is 12.5. The number of carbonyl (C=O) groups excluding carboxylic acids is 1. The Morgan fingerprint density at radius 1 is 1.36 bits per heavy atom. The first-order valence-corrected chi connectivity index (χ1v) is 7.87. The molecule has 0 saturated heterocycles. The summed E-state index contributed by atoms with van der Waals surface area (Å²) in [5.74, 6) is -0.851. The molecule has 0 spiro atoms. The van der Waals surface area contributed by atoms with Gasteiger partial charge in [0, 0.05) is 10.3 Å². The molecule has 0 aliphatic carbocycles. The van der Waals surface area contributed by atoms with Crippen molar-refractivity contribution in [2.75, 3.05) is 0 Å². The van der Waals surface area contributed by atoms with E-state index in [0.29, 0.717) is 16.1 Å². The molecule has 1 amide bonds. The molecule has 5 nitrogen and oxygen atoms in total. The van der Waals surface area contributed by atoms with E-state index >= 15 is 0 Å². The number of rotatable bonds is 3. The number of carbonyl (C=O) groups is 2. The number of amidine groups is 1. The van der Waals surface area contributed by atoms with Crippen molar-refractivity contribution in [3.05, 3.63) is 34.7 Å². The van der Waals surface area contributed by atoms with Crippen LogP contribution in [0, 0.1) is 5.92 Å². The van der Waals surface area contributed by atoms with Crippen molar-refractivity contribution in [3.8, 4) is 0 Å². The van der Waals surface area contributed by atoms with Gasteiger partial charge in [-0.1, -0.05) is 19.9 Å². The van der Waals surface area contributed by atoms with E-state index in [1.165, 1.54) is 11.3 Å². The summed E-state index contributed by atoms with van der Waals surface area (Å²) in [5, 5.41) is 15.1. The van der Waals surface area contributed by atoms with E-state index < -0.39 is 11.5 Å². The Labute approximate surface area is 131 Å². The van der Waals surface area contributed by atoms with Crippen LogP contribution in [0.5, 0.6) is 0 Å². The summed E-state index contributed by atoms with van der Waals surface area (Å²) >= 11 is 1.37. The van der Waals surface area contributed by atoms with E-state index in [4.69, 9.17) is 0 Å². The van der Waals surface area contributed by atoms with Gasteiger partial charge in [-0.15, -0.1) is 11.3 Å². The molecular formula is C16H16N2O3S. The molecule has 1 atom stereocenters. The molecule has 2 heterocycles. The van der Waals surface area contributed by atoms with E-state index in [1.807, 2.05) is 31.4 Å². The van der Waals surface area contributed by atoms with Crippen LogP contribution in [-0.4, -0.2) is 28.4 Å². The maximum atomic E-state index is 12.2. The van der Waals surface area contributed by atoms with Gasteiger partial charge in [0.1, 0.15) is 11.4 Å². The maximum Gasteiger partial charge on any atom is 0.337 e. The van der Waals surface area contributed by atoms with E-state index in [9.17, 15) is 14.7 Å². The number of carboxylic acids is 1. The number of hydrogen-bond donors (Lipinski definition) is 2. The van der Waals surface area contributed by atoms with Crippen molar-refractivity contribution in [1.29, 1.82) is 0 Å². The lowest BCUT2D eigenvalue weighted by Gasteiger charge is -2.21. The summed E-state index contributed by atoms with van der Waals surface area (Å²) < 4.78 is 0.695. The minimum atomic E-state index is -1.02. The van der Waals surface area contributed by atoms with Gasteiger partial charge in [-0.25, -0.2) is 4.79 Å². The van der Waals surface area contributed by atoms with Crippen LogP contribution in [0.1, 0.15) is 36.7 Å². The second-order valence-corrected chi connectivity index (χ2v) is 6.77. The van der Waals surface area contributed by atoms with Crippen LogP contribution < -0.4 is 5.32 Å². The molecule has 0 radical (unpaired) electrons. The lowest BCUT2D eigenvalue weighted by molar-refractivity contribution is -0.124. The molecule has 22 heavy (non-hydrogen) atoms. The van der Waals surface area contributed by atoms with Crippen molar-refractivity contribution in [1.82, 2.24) is 5.32 Å². The van der Waals surface area contributed by atoms with Crippen molar-refractivity contribution < 1.29 is 14.7 Å². The lowest BCUT2D eigenvalue weighted by Crippen LogP contribution is -2.41. The first-order chi connectivity index (χ1) is 10.3. The third-order valence-electron chi connectivity index (χ3n) is 4.25. The summed E-state index contributed by atoms with van der Waals surface area (Å²) in [5.41, 5.74) is -0.213. The second kappa shape index (κ2) is 4.91. The van der Waals surface area contributed by atoms with Crippen LogP contribution in [0.2, 0.25) is 0 Å². The average molecular weight is 316 g/mol. The van der Waals surface area contributed by atoms with Crippen molar-refractivity contribution in [3.63, 3.8) is 0 Å². The standard InChI is InChI=1S/C16H16N2O3S/c1-8(2)16(3)15(21)17-13(18-16)10-5-4-9-6-7-22-12(9)11(10)14(19)20/h4-8H,1-3H3,(H,19,20)(H,17,18,21). The highest BCUT2D eigenvalue weighted by Gasteiger charge is 2.42. The number of aromatic carboxylic acids is 1. The van der Waals surface area contributed by atoms with Gasteiger partial charge in [-0.05, 0) is 35.7 Å². The highest BCUT2D eigenvalue weighted by Crippen LogP contribution is 2.31. The molecule has 1 unspecified atom stereocenters. The van der Waals surface area contributed by atoms with Crippen molar-refractivity contribution >= 4 is 39.1 Å². The quantitative estimate of drug-likeness (QED) is 0.914. The first-order valence-electron chi connectivity index (χ1n) is 6.99. The highest BCUT2D eigenvalue weighted by molar-refractivity contribution is 7.17. The molecule has 1 aromatic heterocycles.